The summed E-state index contributed by atoms with van der Waals surface area (Å²) in [7, 11) is 0. The van der Waals surface area contributed by atoms with Crippen LogP contribution >= 0.6 is 0 Å². The van der Waals surface area contributed by atoms with Crippen LogP contribution in [0.3, 0.4) is 0 Å². The molecule has 0 aromatic carbocycles. The molecule has 0 aromatic heterocycles. The fourth-order valence-corrected chi connectivity index (χ4v) is 2.64. The van der Waals surface area contributed by atoms with E-state index in [-0.39, 0.29) is 12.2 Å². The Morgan fingerprint density at radius 3 is 2.52 bits per heavy atom. The maximum absolute atomic E-state index is 9.23. The Bertz CT molecular complexity index is 473. The molecule has 0 unspecified atom stereocenters. The van der Waals surface area contributed by atoms with Gasteiger partial charge in [0.25, 0.3) is 0 Å². The summed E-state index contributed by atoms with van der Waals surface area (Å²) in [5.74, 6) is 10.4. The van der Waals surface area contributed by atoms with Crippen LogP contribution in [-0.4, -0.2) is 29.2 Å². The third-order valence-electron chi connectivity index (χ3n) is 3.77. The van der Waals surface area contributed by atoms with Gasteiger partial charge in [-0.3, -0.25) is 0 Å². The normalized spacial score (nSPS) is 23.3. The van der Waals surface area contributed by atoms with Crippen LogP contribution < -0.4 is 0 Å². The second-order valence-electron chi connectivity index (χ2n) is 6.37. The molecule has 1 N–H and O–H groups in total. The predicted octanol–water partition coefficient (Wildman–Crippen LogP) is 3.81. The van der Waals surface area contributed by atoms with E-state index in [4.69, 9.17) is 9.47 Å². The van der Waals surface area contributed by atoms with Gasteiger partial charge >= 0.3 is 0 Å². The molecule has 1 rings (SSSR count). The second-order valence-corrected chi connectivity index (χ2v) is 6.37. The van der Waals surface area contributed by atoms with E-state index in [0.29, 0.717) is 6.42 Å². The minimum Gasteiger partial charge on any atom is -0.377 e. The van der Waals surface area contributed by atoms with E-state index in [1.807, 2.05) is 13.8 Å². The van der Waals surface area contributed by atoms with Crippen LogP contribution in [0.25, 0.3) is 0 Å². The first-order valence-corrected chi connectivity index (χ1v) is 8.63. The van der Waals surface area contributed by atoms with Crippen LogP contribution in [0.2, 0.25) is 0 Å². The van der Waals surface area contributed by atoms with Gasteiger partial charge in [-0.1, -0.05) is 63.5 Å². The largest absolute Gasteiger partial charge is 0.377 e. The van der Waals surface area contributed by atoms with Crippen molar-refractivity contribution in [3.05, 3.63) is 12.7 Å². The highest BCUT2D eigenvalue weighted by atomic mass is 16.7. The SMILES string of the molecule is C=C[C@@H](O)C#CC#CC[C@@H]1OC(C)(C)O[C@H]1CCCCCCC. The van der Waals surface area contributed by atoms with Crippen molar-refractivity contribution in [2.75, 3.05) is 0 Å². The van der Waals surface area contributed by atoms with Crippen LogP contribution in [-0.2, 0) is 9.47 Å². The van der Waals surface area contributed by atoms with Gasteiger partial charge in [-0.15, -0.1) is 0 Å². The van der Waals surface area contributed by atoms with Gasteiger partial charge in [0, 0.05) is 6.42 Å². The fraction of sp³-hybridized carbons (Fsp3) is 0.700. The maximum Gasteiger partial charge on any atom is 0.163 e. The van der Waals surface area contributed by atoms with Gasteiger partial charge in [0.2, 0.25) is 0 Å². The van der Waals surface area contributed by atoms with Crippen LogP contribution in [0.5, 0.6) is 0 Å². The van der Waals surface area contributed by atoms with Crippen molar-refractivity contribution < 1.29 is 14.6 Å². The van der Waals surface area contributed by atoms with E-state index in [1.165, 1.54) is 38.2 Å². The summed E-state index contributed by atoms with van der Waals surface area (Å²) in [6.45, 7) is 9.58. The van der Waals surface area contributed by atoms with E-state index in [0.717, 1.165) is 6.42 Å². The lowest BCUT2D eigenvalue weighted by Crippen LogP contribution is -2.21. The van der Waals surface area contributed by atoms with Gasteiger partial charge in [-0.25, -0.2) is 0 Å². The topological polar surface area (TPSA) is 38.7 Å². The number of hydrogen-bond acceptors (Lipinski definition) is 3. The minimum atomic E-state index is -0.815. The molecule has 0 aliphatic carbocycles. The van der Waals surface area contributed by atoms with Crippen molar-refractivity contribution >= 4 is 0 Å². The van der Waals surface area contributed by atoms with Crippen molar-refractivity contribution in [3.63, 3.8) is 0 Å². The number of ether oxygens (including phenoxy) is 2. The van der Waals surface area contributed by atoms with Crippen molar-refractivity contribution in [2.45, 2.75) is 89.8 Å². The number of aliphatic hydroxyl groups excluding tert-OH is 1. The zero-order valence-electron chi connectivity index (χ0n) is 14.7. The molecule has 23 heavy (non-hydrogen) atoms. The Kier molecular flexibility index (Phi) is 9.03. The van der Waals surface area contributed by atoms with Gasteiger partial charge < -0.3 is 14.6 Å². The van der Waals surface area contributed by atoms with Crippen LogP contribution in [0.4, 0.5) is 0 Å². The molecule has 1 fully saturated rings. The quantitative estimate of drug-likeness (QED) is 0.420. The van der Waals surface area contributed by atoms with Gasteiger partial charge in [0.15, 0.2) is 5.79 Å². The van der Waals surface area contributed by atoms with Gasteiger partial charge in [-0.2, -0.15) is 0 Å². The first-order chi connectivity index (χ1) is 11.0. The molecule has 0 saturated carbocycles. The molecular formula is C20H30O3. The average Bonchev–Trinajstić information content (AvgIpc) is 2.80. The molecule has 3 heteroatoms. The van der Waals surface area contributed by atoms with Crippen molar-refractivity contribution in [2.24, 2.45) is 0 Å². The molecule has 1 heterocycles. The van der Waals surface area contributed by atoms with Crippen molar-refractivity contribution in [1.82, 2.24) is 0 Å². The zero-order chi connectivity index (χ0) is 17.1. The number of unbranched alkanes of at least 4 members (excludes halogenated alkanes) is 4. The highest BCUT2D eigenvalue weighted by molar-refractivity contribution is 5.28. The molecule has 1 aliphatic rings. The lowest BCUT2D eigenvalue weighted by Gasteiger charge is -2.16. The molecule has 0 aromatic rings. The Morgan fingerprint density at radius 2 is 1.83 bits per heavy atom. The zero-order valence-corrected chi connectivity index (χ0v) is 14.7. The monoisotopic (exact) mass is 318 g/mol. The average molecular weight is 318 g/mol. The smallest absolute Gasteiger partial charge is 0.163 e. The van der Waals surface area contributed by atoms with E-state index >= 15 is 0 Å². The van der Waals surface area contributed by atoms with Gasteiger partial charge in [0.05, 0.1) is 12.2 Å². The highest BCUT2D eigenvalue weighted by Crippen LogP contribution is 2.32. The van der Waals surface area contributed by atoms with E-state index in [2.05, 4.69) is 37.2 Å². The third kappa shape index (κ3) is 8.24. The molecule has 0 amide bonds. The molecule has 1 saturated heterocycles. The molecule has 0 radical (unpaired) electrons. The minimum absolute atomic E-state index is 0.00481. The summed E-state index contributed by atoms with van der Waals surface area (Å²) in [5, 5.41) is 9.23. The second kappa shape index (κ2) is 10.5. The summed E-state index contributed by atoms with van der Waals surface area (Å²) in [5.41, 5.74) is 0. The van der Waals surface area contributed by atoms with E-state index in [1.54, 1.807) is 0 Å². The molecule has 128 valence electrons. The summed E-state index contributed by atoms with van der Waals surface area (Å²) in [6, 6.07) is 0. The van der Waals surface area contributed by atoms with Gasteiger partial charge in [0.1, 0.15) is 6.10 Å². The molecule has 0 spiro atoms. The first kappa shape index (κ1) is 19.8. The standard InChI is InChI=1S/C20H30O3/c1-5-7-8-9-12-15-18-19(23-20(3,4)22-18)16-13-10-11-14-17(21)6-2/h6,17-19,21H,2,5,7-9,12,15-16H2,1,3-4H3/t17-,18+,19+/m1/s1. The summed E-state index contributed by atoms with van der Waals surface area (Å²) in [6.07, 6.45) is 8.54. The predicted molar refractivity (Wildman–Crippen MR) is 93.6 cm³/mol. The number of rotatable bonds is 8. The molecule has 1 aliphatic heterocycles. The highest BCUT2D eigenvalue weighted by Gasteiger charge is 2.40. The third-order valence-corrected chi connectivity index (χ3v) is 3.77. The Hall–Kier alpha value is -1.26. The number of hydrogen-bond donors (Lipinski definition) is 1. The molecular weight excluding hydrogens is 288 g/mol. The summed E-state index contributed by atoms with van der Waals surface area (Å²) in [4.78, 5) is 0. The van der Waals surface area contributed by atoms with Crippen molar-refractivity contribution in [3.8, 4) is 23.7 Å². The first-order valence-electron chi connectivity index (χ1n) is 8.63. The van der Waals surface area contributed by atoms with E-state index in [9.17, 15) is 5.11 Å². The molecule has 0 bridgehead atoms. The molecule has 3 atom stereocenters. The Labute approximate surface area is 141 Å². The lowest BCUT2D eigenvalue weighted by molar-refractivity contribution is -0.146. The van der Waals surface area contributed by atoms with Crippen molar-refractivity contribution in [1.29, 1.82) is 0 Å². The van der Waals surface area contributed by atoms with E-state index < -0.39 is 11.9 Å². The Morgan fingerprint density at radius 1 is 1.13 bits per heavy atom. The summed E-state index contributed by atoms with van der Waals surface area (Å²) < 4.78 is 12.0. The molecule has 3 nitrogen and oxygen atoms in total. The number of aliphatic hydroxyl groups is 1. The summed E-state index contributed by atoms with van der Waals surface area (Å²) >= 11 is 0. The van der Waals surface area contributed by atoms with Crippen LogP contribution in [0.1, 0.15) is 65.7 Å². The van der Waals surface area contributed by atoms with Gasteiger partial charge in [-0.05, 0) is 32.1 Å². The maximum atomic E-state index is 9.23. The lowest BCUT2D eigenvalue weighted by atomic mass is 10.0. The van der Waals surface area contributed by atoms with Crippen LogP contribution in [0.15, 0.2) is 12.7 Å². The fourth-order valence-electron chi connectivity index (χ4n) is 2.64. The van der Waals surface area contributed by atoms with Crippen LogP contribution in [0, 0.1) is 23.7 Å². The Balaban J connectivity index is 2.44.